The molecule has 3 rings (SSSR count). The van der Waals surface area contributed by atoms with E-state index >= 15 is 0 Å². The molecule has 0 saturated carbocycles. The van der Waals surface area contributed by atoms with Crippen molar-refractivity contribution in [2.45, 2.75) is 37.8 Å². The lowest BCUT2D eigenvalue weighted by molar-refractivity contribution is -0.0206. The van der Waals surface area contributed by atoms with E-state index in [1.165, 1.54) is 0 Å². The Balaban J connectivity index is 1.84. The van der Waals surface area contributed by atoms with Crippen LogP contribution < -0.4 is 15.2 Å². The average molecular weight is 276 g/mol. The Labute approximate surface area is 120 Å². The molecule has 0 amide bonds. The average Bonchev–Trinajstić information content (AvgIpc) is 2.47. The lowest BCUT2D eigenvalue weighted by Crippen LogP contribution is -2.51. The number of hydrogen-bond acceptors (Lipinski definition) is 4. The Morgan fingerprint density at radius 2 is 2.15 bits per heavy atom. The molecule has 4 nitrogen and oxygen atoms in total. The minimum atomic E-state index is -0.0789. The molecule has 0 bridgehead atoms. The van der Waals surface area contributed by atoms with Crippen molar-refractivity contribution in [2.24, 2.45) is 5.73 Å². The van der Waals surface area contributed by atoms with E-state index in [9.17, 15) is 0 Å². The van der Waals surface area contributed by atoms with E-state index < -0.39 is 0 Å². The first kappa shape index (κ1) is 13.7. The van der Waals surface area contributed by atoms with Gasteiger partial charge in [0.2, 0.25) is 0 Å². The van der Waals surface area contributed by atoms with Crippen molar-refractivity contribution in [3.05, 3.63) is 23.8 Å². The summed E-state index contributed by atoms with van der Waals surface area (Å²) in [6.45, 7) is 5.53. The van der Waals surface area contributed by atoms with E-state index in [4.69, 9.17) is 15.2 Å². The van der Waals surface area contributed by atoms with Crippen molar-refractivity contribution in [3.8, 4) is 11.5 Å². The van der Waals surface area contributed by atoms with Crippen LogP contribution in [0.25, 0.3) is 0 Å². The van der Waals surface area contributed by atoms with Gasteiger partial charge in [0.15, 0.2) is 0 Å². The number of benzene rings is 1. The van der Waals surface area contributed by atoms with E-state index in [1.54, 1.807) is 7.11 Å². The summed E-state index contributed by atoms with van der Waals surface area (Å²) in [4.78, 5) is 2.47. The molecule has 0 aromatic heterocycles. The van der Waals surface area contributed by atoms with Gasteiger partial charge in [-0.15, -0.1) is 0 Å². The second kappa shape index (κ2) is 5.26. The number of ether oxygens (including phenoxy) is 2. The lowest BCUT2D eigenvalue weighted by atomic mass is 9.81. The molecule has 0 aliphatic carbocycles. The summed E-state index contributed by atoms with van der Waals surface area (Å²) >= 11 is 0. The first-order valence-corrected chi connectivity index (χ1v) is 7.51. The minimum Gasteiger partial charge on any atom is -0.497 e. The van der Waals surface area contributed by atoms with Crippen LogP contribution in [0.5, 0.6) is 11.5 Å². The zero-order valence-corrected chi connectivity index (χ0v) is 12.4. The van der Waals surface area contributed by atoms with Crippen LogP contribution in [0.2, 0.25) is 0 Å². The molecule has 1 aromatic rings. The van der Waals surface area contributed by atoms with E-state index in [0.717, 1.165) is 56.0 Å². The van der Waals surface area contributed by atoms with Gasteiger partial charge in [-0.2, -0.15) is 0 Å². The molecule has 1 saturated heterocycles. The molecule has 2 heterocycles. The number of nitrogens with zero attached hydrogens (tertiary/aromatic N) is 1. The maximum absolute atomic E-state index is 6.38. The summed E-state index contributed by atoms with van der Waals surface area (Å²) < 4.78 is 11.7. The Bertz CT molecular complexity index is 481. The molecule has 2 aliphatic rings. The number of hydrogen-bond donors (Lipinski definition) is 1. The summed E-state index contributed by atoms with van der Waals surface area (Å²) in [5.74, 6) is 1.74. The molecule has 0 radical (unpaired) electrons. The van der Waals surface area contributed by atoms with Crippen LogP contribution in [0.15, 0.2) is 18.2 Å². The van der Waals surface area contributed by atoms with Crippen molar-refractivity contribution in [1.29, 1.82) is 0 Å². The third-order valence-corrected chi connectivity index (χ3v) is 4.75. The third kappa shape index (κ3) is 2.38. The molecular weight excluding hydrogens is 252 g/mol. The molecule has 0 unspecified atom stereocenters. The molecule has 1 aromatic carbocycles. The highest BCUT2D eigenvalue weighted by molar-refractivity contribution is 5.44. The van der Waals surface area contributed by atoms with Crippen molar-refractivity contribution >= 4 is 0 Å². The quantitative estimate of drug-likeness (QED) is 0.900. The largest absolute Gasteiger partial charge is 0.497 e. The number of methoxy groups -OCH3 is 1. The first-order valence-electron chi connectivity index (χ1n) is 7.51. The smallest absolute Gasteiger partial charge is 0.128 e. The Morgan fingerprint density at radius 1 is 1.40 bits per heavy atom. The van der Waals surface area contributed by atoms with Crippen molar-refractivity contribution in [1.82, 2.24) is 4.90 Å². The molecule has 110 valence electrons. The van der Waals surface area contributed by atoms with Crippen LogP contribution in [0.3, 0.4) is 0 Å². The maximum atomic E-state index is 6.38. The van der Waals surface area contributed by atoms with Gasteiger partial charge < -0.3 is 20.1 Å². The molecule has 4 heteroatoms. The van der Waals surface area contributed by atoms with Gasteiger partial charge in [0, 0.05) is 37.2 Å². The highest BCUT2D eigenvalue weighted by Crippen LogP contribution is 2.44. The minimum absolute atomic E-state index is 0.0674. The normalized spacial score (nSPS) is 25.1. The van der Waals surface area contributed by atoms with E-state index in [0.29, 0.717) is 0 Å². The van der Waals surface area contributed by atoms with Gasteiger partial charge in [-0.3, -0.25) is 0 Å². The predicted octanol–water partition coefficient (Wildman–Crippen LogP) is 2.33. The second-order valence-corrected chi connectivity index (χ2v) is 5.93. The van der Waals surface area contributed by atoms with Gasteiger partial charge in [0.05, 0.1) is 7.11 Å². The molecule has 1 spiro atoms. The van der Waals surface area contributed by atoms with Gasteiger partial charge in [-0.1, -0.05) is 13.0 Å². The van der Waals surface area contributed by atoms with E-state index in [-0.39, 0.29) is 11.6 Å². The zero-order valence-electron chi connectivity index (χ0n) is 12.4. The van der Waals surface area contributed by atoms with Gasteiger partial charge >= 0.3 is 0 Å². The van der Waals surface area contributed by atoms with Crippen molar-refractivity contribution in [2.75, 3.05) is 26.7 Å². The predicted molar refractivity (Wildman–Crippen MR) is 79.2 cm³/mol. The number of likely N-dealkylation sites (tertiary alicyclic amines) is 1. The van der Waals surface area contributed by atoms with Gasteiger partial charge in [0.1, 0.15) is 17.1 Å². The molecular formula is C16H24N2O2. The molecule has 2 aliphatic heterocycles. The number of piperidine rings is 1. The maximum Gasteiger partial charge on any atom is 0.128 e. The summed E-state index contributed by atoms with van der Waals surface area (Å²) in [6, 6.07) is 6.03. The fourth-order valence-corrected chi connectivity index (χ4v) is 3.40. The molecule has 2 N–H and O–H groups in total. The topological polar surface area (TPSA) is 47.7 Å². The Hall–Kier alpha value is -1.26. The van der Waals surface area contributed by atoms with Gasteiger partial charge in [0.25, 0.3) is 0 Å². The second-order valence-electron chi connectivity index (χ2n) is 5.93. The number of fused-ring (bicyclic) bond motifs is 1. The highest BCUT2D eigenvalue weighted by Gasteiger charge is 2.42. The summed E-state index contributed by atoms with van der Waals surface area (Å²) in [5.41, 5.74) is 7.40. The van der Waals surface area contributed by atoms with Crippen LogP contribution in [-0.4, -0.2) is 37.2 Å². The standard InChI is InChI=1S/C16H24N2O2/c1-3-18-8-6-16(7-9-18)11-14(17)13-5-4-12(19-2)10-15(13)20-16/h4-5,10,14H,3,6-9,11,17H2,1-2H3/t14-/m1/s1. The molecule has 1 fully saturated rings. The number of rotatable bonds is 2. The summed E-state index contributed by atoms with van der Waals surface area (Å²) in [5, 5.41) is 0. The van der Waals surface area contributed by atoms with Crippen LogP contribution >= 0.6 is 0 Å². The van der Waals surface area contributed by atoms with Crippen LogP contribution in [0.4, 0.5) is 0 Å². The van der Waals surface area contributed by atoms with E-state index in [1.807, 2.05) is 18.2 Å². The fourth-order valence-electron chi connectivity index (χ4n) is 3.40. The number of nitrogens with two attached hydrogens (primary N) is 1. The highest BCUT2D eigenvalue weighted by atomic mass is 16.5. The van der Waals surface area contributed by atoms with Gasteiger partial charge in [-0.05, 0) is 25.5 Å². The SMILES string of the molecule is CCN1CCC2(CC1)C[C@@H](N)c1ccc(OC)cc1O2. The summed E-state index contributed by atoms with van der Waals surface area (Å²) in [7, 11) is 1.68. The van der Waals surface area contributed by atoms with Crippen molar-refractivity contribution in [3.63, 3.8) is 0 Å². The van der Waals surface area contributed by atoms with Crippen LogP contribution in [-0.2, 0) is 0 Å². The molecule has 1 atom stereocenters. The fraction of sp³-hybridized carbons (Fsp3) is 0.625. The summed E-state index contributed by atoms with van der Waals surface area (Å²) in [6.07, 6.45) is 3.04. The van der Waals surface area contributed by atoms with E-state index in [2.05, 4.69) is 11.8 Å². The monoisotopic (exact) mass is 276 g/mol. The first-order chi connectivity index (χ1) is 9.65. The van der Waals surface area contributed by atoms with Crippen molar-refractivity contribution < 1.29 is 9.47 Å². The lowest BCUT2D eigenvalue weighted by Gasteiger charge is -2.46. The van der Waals surface area contributed by atoms with Crippen LogP contribution in [0, 0.1) is 0 Å². The molecule has 20 heavy (non-hydrogen) atoms. The van der Waals surface area contributed by atoms with Crippen LogP contribution in [0.1, 0.15) is 37.8 Å². The Morgan fingerprint density at radius 3 is 2.80 bits per heavy atom. The van der Waals surface area contributed by atoms with Gasteiger partial charge in [-0.25, -0.2) is 0 Å². The Kier molecular flexibility index (Phi) is 3.61. The zero-order chi connectivity index (χ0) is 14.2. The third-order valence-electron chi connectivity index (χ3n) is 4.75.